The van der Waals surface area contributed by atoms with Gasteiger partial charge in [0.2, 0.25) is 0 Å². The van der Waals surface area contributed by atoms with Crippen LogP contribution in [-0.4, -0.2) is 27.2 Å². The fourth-order valence-electron chi connectivity index (χ4n) is 1.96. The Bertz CT molecular complexity index is 816. The van der Waals surface area contributed by atoms with Gasteiger partial charge in [0.25, 0.3) is 0 Å². The van der Waals surface area contributed by atoms with Gasteiger partial charge < -0.3 is 4.74 Å². The highest BCUT2D eigenvalue weighted by atomic mass is 79.9. The molecule has 22 heavy (non-hydrogen) atoms. The maximum absolute atomic E-state index is 12.2. The molecule has 0 saturated carbocycles. The smallest absolute Gasteiger partial charge is 0.422 e. The summed E-state index contributed by atoms with van der Waals surface area (Å²) in [5.41, 5.74) is 1.92. The van der Waals surface area contributed by atoms with E-state index in [1.807, 2.05) is 12.1 Å². The first-order valence-electron chi connectivity index (χ1n) is 6.22. The van der Waals surface area contributed by atoms with Crippen molar-refractivity contribution in [3.8, 4) is 17.1 Å². The molecule has 3 aromatic rings. The van der Waals surface area contributed by atoms with Crippen LogP contribution in [0.15, 0.2) is 47.3 Å². The highest BCUT2D eigenvalue weighted by Crippen LogP contribution is 2.24. The molecule has 3 rings (SSSR count). The number of ether oxygens (including phenoxy) is 1. The van der Waals surface area contributed by atoms with Gasteiger partial charge in [-0.1, -0.05) is 6.07 Å². The van der Waals surface area contributed by atoms with Crippen molar-refractivity contribution in [2.75, 3.05) is 6.61 Å². The van der Waals surface area contributed by atoms with E-state index < -0.39 is 12.8 Å². The standard InChI is InChI=1S/C14H9BrF3N3O/c15-12-3-1-2-10(20-12)11-7-19-13-6-9(4-5-21(11)13)22-8-14(16,17)18/h1-7H,8H2. The molecule has 0 N–H and O–H groups in total. The van der Waals surface area contributed by atoms with Gasteiger partial charge in [0.15, 0.2) is 6.61 Å². The van der Waals surface area contributed by atoms with Gasteiger partial charge in [-0.05, 0) is 34.1 Å². The number of nitrogens with zero attached hydrogens (tertiary/aromatic N) is 3. The number of halogens is 4. The van der Waals surface area contributed by atoms with Crippen molar-refractivity contribution in [1.82, 2.24) is 14.4 Å². The van der Waals surface area contributed by atoms with Crippen LogP contribution in [0.3, 0.4) is 0 Å². The van der Waals surface area contributed by atoms with E-state index >= 15 is 0 Å². The van der Waals surface area contributed by atoms with Gasteiger partial charge in [0.05, 0.1) is 17.6 Å². The highest BCUT2D eigenvalue weighted by molar-refractivity contribution is 9.10. The third-order valence-corrected chi connectivity index (χ3v) is 3.31. The van der Waals surface area contributed by atoms with Crippen molar-refractivity contribution in [2.24, 2.45) is 0 Å². The zero-order chi connectivity index (χ0) is 15.7. The summed E-state index contributed by atoms with van der Waals surface area (Å²) in [5, 5.41) is 0. The fourth-order valence-corrected chi connectivity index (χ4v) is 2.30. The molecule has 0 atom stereocenters. The van der Waals surface area contributed by atoms with Gasteiger partial charge in [0.1, 0.15) is 16.0 Å². The molecule has 0 unspecified atom stereocenters. The maximum Gasteiger partial charge on any atom is 0.422 e. The second-order valence-electron chi connectivity index (χ2n) is 4.48. The van der Waals surface area contributed by atoms with Crippen LogP contribution in [0.5, 0.6) is 5.75 Å². The number of imidazole rings is 1. The molecular formula is C14H9BrF3N3O. The van der Waals surface area contributed by atoms with Crippen LogP contribution in [0.25, 0.3) is 17.0 Å². The molecule has 8 heteroatoms. The zero-order valence-corrected chi connectivity index (χ0v) is 12.6. The normalized spacial score (nSPS) is 11.8. The zero-order valence-electron chi connectivity index (χ0n) is 11.0. The van der Waals surface area contributed by atoms with Crippen molar-refractivity contribution in [3.05, 3.63) is 47.3 Å². The Labute approximate surface area is 131 Å². The molecule has 0 saturated heterocycles. The third kappa shape index (κ3) is 3.22. The summed E-state index contributed by atoms with van der Waals surface area (Å²) in [4.78, 5) is 8.51. The lowest BCUT2D eigenvalue weighted by Crippen LogP contribution is -2.19. The van der Waals surface area contributed by atoms with Crippen molar-refractivity contribution < 1.29 is 17.9 Å². The van der Waals surface area contributed by atoms with E-state index in [1.54, 1.807) is 22.9 Å². The van der Waals surface area contributed by atoms with E-state index in [2.05, 4.69) is 25.9 Å². The van der Waals surface area contributed by atoms with Crippen LogP contribution in [0.2, 0.25) is 0 Å². The maximum atomic E-state index is 12.2. The Morgan fingerprint density at radius 3 is 2.77 bits per heavy atom. The molecule has 0 aliphatic carbocycles. The molecule has 3 aromatic heterocycles. The average Bonchev–Trinajstić information content (AvgIpc) is 2.87. The largest absolute Gasteiger partial charge is 0.484 e. The first-order valence-corrected chi connectivity index (χ1v) is 7.01. The monoisotopic (exact) mass is 371 g/mol. The van der Waals surface area contributed by atoms with Crippen LogP contribution >= 0.6 is 15.9 Å². The summed E-state index contributed by atoms with van der Waals surface area (Å²) in [5.74, 6) is 0.115. The molecule has 0 fully saturated rings. The molecule has 0 spiro atoms. The number of hydrogen-bond donors (Lipinski definition) is 0. The van der Waals surface area contributed by atoms with Gasteiger partial charge in [-0.15, -0.1) is 0 Å². The van der Waals surface area contributed by atoms with Gasteiger partial charge in [-0.3, -0.25) is 4.40 Å². The SMILES string of the molecule is FC(F)(F)COc1ccn2c(-c3cccc(Br)n3)cnc2c1. The number of alkyl halides is 3. The average molecular weight is 372 g/mol. The predicted octanol–water partition coefficient (Wildman–Crippen LogP) is 4.10. The number of rotatable bonds is 3. The summed E-state index contributed by atoms with van der Waals surface area (Å²) < 4.78 is 43.6. The van der Waals surface area contributed by atoms with Crippen molar-refractivity contribution in [1.29, 1.82) is 0 Å². The quantitative estimate of drug-likeness (QED) is 0.650. The summed E-state index contributed by atoms with van der Waals surface area (Å²) >= 11 is 3.30. The molecule has 114 valence electrons. The Morgan fingerprint density at radius 1 is 1.23 bits per heavy atom. The lowest BCUT2D eigenvalue weighted by atomic mass is 10.3. The lowest BCUT2D eigenvalue weighted by molar-refractivity contribution is -0.153. The van der Waals surface area contributed by atoms with E-state index in [0.717, 1.165) is 5.69 Å². The van der Waals surface area contributed by atoms with E-state index in [4.69, 9.17) is 4.74 Å². The second kappa shape index (κ2) is 5.60. The number of aromatic nitrogens is 3. The topological polar surface area (TPSA) is 39.4 Å². The molecule has 0 aromatic carbocycles. The van der Waals surface area contributed by atoms with Crippen molar-refractivity contribution in [2.45, 2.75) is 6.18 Å². The fraction of sp³-hybridized carbons (Fsp3) is 0.143. The molecule has 0 bridgehead atoms. The summed E-state index contributed by atoms with van der Waals surface area (Å²) in [6.45, 7) is -1.33. The van der Waals surface area contributed by atoms with Gasteiger partial charge in [0, 0.05) is 12.3 Å². The molecule has 3 heterocycles. The summed E-state index contributed by atoms with van der Waals surface area (Å²) in [6, 6.07) is 8.37. The summed E-state index contributed by atoms with van der Waals surface area (Å²) in [7, 11) is 0. The lowest BCUT2D eigenvalue weighted by Gasteiger charge is -2.09. The Balaban J connectivity index is 1.93. The molecule has 4 nitrogen and oxygen atoms in total. The van der Waals surface area contributed by atoms with E-state index in [0.29, 0.717) is 15.9 Å². The highest BCUT2D eigenvalue weighted by Gasteiger charge is 2.28. The number of fused-ring (bicyclic) bond motifs is 1. The Morgan fingerprint density at radius 2 is 2.05 bits per heavy atom. The predicted molar refractivity (Wildman–Crippen MR) is 77.7 cm³/mol. The van der Waals surface area contributed by atoms with Crippen molar-refractivity contribution >= 4 is 21.6 Å². The first kappa shape index (κ1) is 14.8. The molecule has 0 amide bonds. The first-order chi connectivity index (χ1) is 10.4. The Hall–Kier alpha value is -2.09. The molecule has 0 radical (unpaired) electrons. The van der Waals surface area contributed by atoms with Gasteiger partial charge >= 0.3 is 6.18 Å². The van der Waals surface area contributed by atoms with Gasteiger partial charge in [-0.25, -0.2) is 9.97 Å². The Kier molecular flexibility index (Phi) is 3.78. The molecule has 0 aliphatic rings. The van der Waals surface area contributed by atoms with Gasteiger partial charge in [-0.2, -0.15) is 13.2 Å². The second-order valence-corrected chi connectivity index (χ2v) is 5.30. The van der Waals surface area contributed by atoms with Crippen LogP contribution < -0.4 is 4.74 Å². The summed E-state index contributed by atoms with van der Waals surface area (Å²) in [6.07, 6.45) is -1.16. The van der Waals surface area contributed by atoms with Crippen molar-refractivity contribution in [3.63, 3.8) is 0 Å². The van der Waals surface area contributed by atoms with E-state index in [9.17, 15) is 13.2 Å². The molecular weight excluding hydrogens is 363 g/mol. The third-order valence-electron chi connectivity index (χ3n) is 2.86. The van der Waals surface area contributed by atoms with E-state index in [1.165, 1.54) is 12.1 Å². The van der Waals surface area contributed by atoms with E-state index in [-0.39, 0.29) is 5.75 Å². The number of pyridine rings is 2. The minimum atomic E-state index is -4.37. The minimum Gasteiger partial charge on any atom is -0.484 e. The van der Waals surface area contributed by atoms with Crippen LogP contribution in [0.1, 0.15) is 0 Å². The van der Waals surface area contributed by atoms with Crippen LogP contribution in [0.4, 0.5) is 13.2 Å². The number of hydrogen-bond acceptors (Lipinski definition) is 3. The van der Waals surface area contributed by atoms with Crippen LogP contribution in [0, 0.1) is 0 Å². The minimum absolute atomic E-state index is 0.115. The van der Waals surface area contributed by atoms with Crippen LogP contribution in [-0.2, 0) is 0 Å². The molecule has 0 aliphatic heterocycles.